The zero-order valence-corrected chi connectivity index (χ0v) is 9.69. The minimum atomic E-state index is -0.713. The Morgan fingerprint density at radius 3 is 2.38 bits per heavy atom. The first-order chi connectivity index (χ1) is 7.70. The molecule has 0 spiro atoms. The van der Waals surface area contributed by atoms with Crippen LogP contribution in [0.15, 0.2) is 0 Å². The SMILES string of the molecule is CCCCOC(=O)OCCOCC(=O)OC. The molecular weight excluding hydrogens is 216 g/mol. The van der Waals surface area contributed by atoms with Gasteiger partial charge in [-0.05, 0) is 6.42 Å². The molecule has 0 aromatic rings. The molecule has 0 radical (unpaired) electrons. The molecule has 0 atom stereocenters. The standard InChI is InChI=1S/C10H18O6/c1-3-4-5-15-10(12)16-7-6-14-8-9(11)13-2/h3-8H2,1-2H3. The summed E-state index contributed by atoms with van der Waals surface area (Å²) in [5.41, 5.74) is 0. The van der Waals surface area contributed by atoms with Crippen LogP contribution in [0.2, 0.25) is 0 Å². The van der Waals surface area contributed by atoms with Crippen molar-refractivity contribution >= 4 is 12.1 Å². The van der Waals surface area contributed by atoms with E-state index in [4.69, 9.17) is 9.47 Å². The molecule has 0 aromatic heterocycles. The summed E-state index contributed by atoms with van der Waals surface area (Å²) in [6.07, 6.45) is 1.05. The summed E-state index contributed by atoms with van der Waals surface area (Å²) in [6.45, 7) is 2.40. The predicted octanol–water partition coefficient (Wildman–Crippen LogP) is 1.13. The molecule has 6 heteroatoms. The van der Waals surface area contributed by atoms with E-state index in [0.717, 1.165) is 12.8 Å². The zero-order chi connectivity index (χ0) is 12.2. The Hall–Kier alpha value is -1.30. The summed E-state index contributed by atoms with van der Waals surface area (Å²) in [7, 11) is 1.27. The summed E-state index contributed by atoms with van der Waals surface area (Å²) in [5, 5.41) is 0. The van der Waals surface area contributed by atoms with Crippen LogP contribution >= 0.6 is 0 Å². The second kappa shape index (κ2) is 10.2. The number of hydrogen-bond donors (Lipinski definition) is 0. The fraction of sp³-hybridized carbons (Fsp3) is 0.800. The highest BCUT2D eigenvalue weighted by atomic mass is 16.7. The van der Waals surface area contributed by atoms with Gasteiger partial charge in [0.05, 0.1) is 20.3 Å². The molecule has 6 nitrogen and oxygen atoms in total. The van der Waals surface area contributed by atoms with Gasteiger partial charge in [0, 0.05) is 0 Å². The molecule has 0 aromatic carbocycles. The average molecular weight is 234 g/mol. The summed E-state index contributed by atoms with van der Waals surface area (Å²) in [6, 6.07) is 0. The van der Waals surface area contributed by atoms with Crippen LogP contribution in [-0.4, -0.2) is 45.7 Å². The van der Waals surface area contributed by atoms with E-state index in [9.17, 15) is 9.59 Å². The molecule has 0 heterocycles. The van der Waals surface area contributed by atoms with E-state index in [0.29, 0.717) is 6.61 Å². The third-order valence-corrected chi connectivity index (χ3v) is 1.61. The molecular formula is C10H18O6. The Morgan fingerprint density at radius 1 is 1.06 bits per heavy atom. The molecule has 0 bridgehead atoms. The van der Waals surface area contributed by atoms with Gasteiger partial charge in [0.15, 0.2) is 0 Å². The van der Waals surface area contributed by atoms with Crippen molar-refractivity contribution in [2.45, 2.75) is 19.8 Å². The van der Waals surface area contributed by atoms with Crippen molar-refractivity contribution in [3.8, 4) is 0 Å². The Bertz CT molecular complexity index is 203. The largest absolute Gasteiger partial charge is 0.508 e. The predicted molar refractivity (Wildman–Crippen MR) is 55.0 cm³/mol. The number of carbonyl (C=O) groups is 2. The molecule has 0 amide bonds. The Labute approximate surface area is 94.8 Å². The second-order valence-electron chi connectivity index (χ2n) is 2.93. The third-order valence-electron chi connectivity index (χ3n) is 1.61. The fourth-order valence-corrected chi connectivity index (χ4v) is 0.740. The highest BCUT2D eigenvalue weighted by Crippen LogP contribution is 1.91. The van der Waals surface area contributed by atoms with Crippen LogP contribution < -0.4 is 0 Å². The van der Waals surface area contributed by atoms with Crippen LogP contribution in [-0.2, 0) is 23.7 Å². The van der Waals surface area contributed by atoms with Crippen LogP contribution in [0.4, 0.5) is 4.79 Å². The van der Waals surface area contributed by atoms with Crippen molar-refractivity contribution in [1.29, 1.82) is 0 Å². The first-order valence-corrected chi connectivity index (χ1v) is 5.14. The van der Waals surface area contributed by atoms with Crippen LogP contribution in [0.5, 0.6) is 0 Å². The Morgan fingerprint density at radius 2 is 1.75 bits per heavy atom. The number of carbonyl (C=O) groups excluding carboxylic acids is 2. The first kappa shape index (κ1) is 14.7. The molecule has 0 fully saturated rings. The quantitative estimate of drug-likeness (QED) is 0.463. The van der Waals surface area contributed by atoms with Crippen LogP contribution in [0.3, 0.4) is 0 Å². The summed E-state index contributed by atoms with van der Waals surface area (Å²) >= 11 is 0. The molecule has 0 saturated carbocycles. The molecule has 0 aliphatic carbocycles. The molecule has 0 aliphatic rings. The normalized spacial score (nSPS) is 9.62. The maximum Gasteiger partial charge on any atom is 0.508 e. The van der Waals surface area contributed by atoms with Crippen molar-refractivity contribution in [3.05, 3.63) is 0 Å². The van der Waals surface area contributed by atoms with Crippen molar-refractivity contribution in [2.24, 2.45) is 0 Å². The molecule has 0 aliphatic heterocycles. The molecule has 0 saturated heterocycles. The van der Waals surface area contributed by atoms with Gasteiger partial charge in [0.1, 0.15) is 13.2 Å². The van der Waals surface area contributed by atoms with Crippen molar-refractivity contribution in [2.75, 3.05) is 33.5 Å². The third kappa shape index (κ3) is 9.26. The van der Waals surface area contributed by atoms with Gasteiger partial charge in [-0.15, -0.1) is 0 Å². The fourth-order valence-electron chi connectivity index (χ4n) is 0.740. The maximum absolute atomic E-state index is 10.9. The van der Waals surface area contributed by atoms with E-state index >= 15 is 0 Å². The number of methoxy groups -OCH3 is 1. The number of esters is 1. The van der Waals surface area contributed by atoms with Gasteiger partial charge >= 0.3 is 12.1 Å². The van der Waals surface area contributed by atoms with Crippen LogP contribution in [0.1, 0.15) is 19.8 Å². The molecule has 94 valence electrons. The van der Waals surface area contributed by atoms with Crippen molar-refractivity contribution in [1.82, 2.24) is 0 Å². The smallest absolute Gasteiger partial charge is 0.467 e. The van der Waals surface area contributed by atoms with E-state index in [1.165, 1.54) is 7.11 Å². The van der Waals surface area contributed by atoms with E-state index < -0.39 is 12.1 Å². The molecule has 0 unspecified atom stereocenters. The number of rotatable bonds is 8. The van der Waals surface area contributed by atoms with E-state index in [1.54, 1.807) is 0 Å². The first-order valence-electron chi connectivity index (χ1n) is 5.14. The van der Waals surface area contributed by atoms with Gasteiger partial charge in [-0.25, -0.2) is 9.59 Å². The lowest BCUT2D eigenvalue weighted by Gasteiger charge is -2.05. The lowest BCUT2D eigenvalue weighted by molar-refractivity contribution is -0.146. The van der Waals surface area contributed by atoms with Crippen molar-refractivity contribution < 1.29 is 28.5 Å². The molecule has 0 N–H and O–H groups in total. The van der Waals surface area contributed by atoms with Gasteiger partial charge in [-0.3, -0.25) is 0 Å². The topological polar surface area (TPSA) is 71.1 Å². The lowest BCUT2D eigenvalue weighted by Crippen LogP contribution is -2.16. The Balaban J connectivity index is 3.24. The summed E-state index contributed by atoms with van der Waals surface area (Å²) < 4.78 is 18.6. The van der Waals surface area contributed by atoms with Crippen molar-refractivity contribution in [3.63, 3.8) is 0 Å². The number of hydrogen-bond acceptors (Lipinski definition) is 6. The Kier molecular flexibility index (Phi) is 9.39. The summed E-state index contributed by atoms with van der Waals surface area (Å²) in [5.74, 6) is -0.467. The monoisotopic (exact) mass is 234 g/mol. The van der Waals surface area contributed by atoms with Crippen LogP contribution in [0.25, 0.3) is 0 Å². The highest BCUT2D eigenvalue weighted by Gasteiger charge is 2.03. The minimum absolute atomic E-state index is 0.0575. The van der Waals surface area contributed by atoms with Gasteiger partial charge in [0.2, 0.25) is 0 Å². The van der Waals surface area contributed by atoms with E-state index in [2.05, 4.69) is 9.47 Å². The van der Waals surface area contributed by atoms with E-state index in [-0.39, 0.29) is 19.8 Å². The minimum Gasteiger partial charge on any atom is -0.467 e. The molecule has 0 rings (SSSR count). The average Bonchev–Trinajstić information content (AvgIpc) is 2.28. The van der Waals surface area contributed by atoms with Gasteiger partial charge in [-0.2, -0.15) is 0 Å². The van der Waals surface area contributed by atoms with Gasteiger partial charge in [0.25, 0.3) is 0 Å². The number of ether oxygens (including phenoxy) is 4. The van der Waals surface area contributed by atoms with E-state index in [1.807, 2.05) is 6.92 Å². The second-order valence-corrected chi connectivity index (χ2v) is 2.93. The summed E-state index contributed by atoms with van der Waals surface area (Å²) in [4.78, 5) is 21.5. The highest BCUT2D eigenvalue weighted by molar-refractivity contribution is 5.70. The zero-order valence-electron chi connectivity index (χ0n) is 9.69. The molecule has 16 heavy (non-hydrogen) atoms. The van der Waals surface area contributed by atoms with Gasteiger partial charge in [-0.1, -0.05) is 13.3 Å². The van der Waals surface area contributed by atoms with Gasteiger partial charge < -0.3 is 18.9 Å². The maximum atomic E-state index is 10.9. The lowest BCUT2D eigenvalue weighted by atomic mass is 10.4. The van der Waals surface area contributed by atoms with Crippen LogP contribution in [0, 0.1) is 0 Å². The number of unbranched alkanes of at least 4 members (excludes halogenated alkanes) is 1.